The number of primary sulfonamides is 1. The van der Waals surface area contributed by atoms with Gasteiger partial charge in [-0.05, 0) is 25.1 Å². The molecule has 1 aromatic rings. The fourth-order valence-corrected chi connectivity index (χ4v) is 2.78. The number of nitriles is 1. The topological polar surface area (TPSA) is 139 Å². The number of anilines is 1. The average molecular weight is 319 g/mol. The van der Waals surface area contributed by atoms with Gasteiger partial charge in [-0.1, -0.05) is 0 Å². The Labute approximate surface area is 117 Å². The number of hydrogen-bond donors (Lipinski definition) is 2. The number of ether oxygens (including phenoxy) is 1. The number of sulfonamides is 2. The summed E-state index contributed by atoms with van der Waals surface area (Å²) in [6.45, 7) is 1.20. The van der Waals surface area contributed by atoms with Crippen LogP contribution in [-0.2, 0) is 20.0 Å². The van der Waals surface area contributed by atoms with Gasteiger partial charge in [0.1, 0.15) is 10.6 Å². The Kier molecular flexibility index (Phi) is 4.59. The van der Waals surface area contributed by atoms with Crippen molar-refractivity contribution in [3.8, 4) is 11.8 Å². The van der Waals surface area contributed by atoms with Gasteiger partial charge in [0.25, 0.3) is 0 Å². The number of nitrogens with zero attached hydrogens (tertiary/aromatic N) is 1. The zero-order valence-corrected chi connectivity index (χ0v) is 12.3. The molecule has 0 spiro atoms. The van der Waals surface area contributed by atoms with Crippen LogP contribution in [0.15, 0.2) is 23.1 Å². The van der Waals surface area contributed by atoms with E-state index in [2.05, 4.69) is 4.72 Å². The molecule has 1 aromatic carbocycles. The Bertz CT molecular complexity index is 750. The number of hydrogen-bond acceptors (Lipinski definition) is 6. The van der Waals surface area contributed by atoms with E-state index in [1.165, 1.54) is 26.2 Å². The Balaban J connectivity index is 3.28. The Hall–Kier alpha value is -1.83. The van der Waals surface area contributed by atoms with Crippen LogP contribution >= 0.6 is 0 Å². The number of nitrogens with two attached hydrogens (primary N) is 1. The molecular formula is C10H13N3O5S2. The summed E-state index contributed by atoms with van der Waals surface area (Å²) in [6, 6.07) is 5.16. The highest BCUT2D eigenvalue weighted by Gasteiger charge is 2.22. The molecule has 110 valence electrons. The first-order valence-electron chi connectivity index (χ1n) is 5.24. The molecule has 0 aliphatic carbocycles. The molecule has 1 atom stereocenters. The fourth-order valence-electron chi connectivity index (χ4n) is 1.28. The molecule has 0 heterocycles. The van der Waals surface area contributed by atoms with Crippen molar-refractivity contribution in [3.05, 3.63) is 18.2 Å². The summed E-state index contributed by atoms with van der Waals surface area (Å²) in [5.74, 6) is -0.0104. The molecule has 1 rings (SSSR count). The van der Waals surface area contributed by atoms with Gasteiger partial charge in [0.15, 0.2) is 5.25 Å². The summed E-state index contributed by atoms with van der Waals surface area (Å²) in [5.41, 5.74) is -0.0306. The lowest BCUT2D eigenvalue weighted by Crippen LogP contribution is -2.24. The second-order valence-corrected chi connectivity index (χ2v) is 7.36. The van der Waals surface area contributed by atoms with Crippen LogP contribution in [0.4, 0.5) is 5.69 Å². The lowest BCUT2D eigenvalue weighted by molar-refractivity contribution is 0.403. The van der Waals surface area contributed by atoms with Crippen LogP contribution in [0.2, 0.25) is 0 Å². The minimum atomic E-state index is -4.07. The first kappa shape index (κ1) is 16.2. The maximum absolute atomic E-state index is 11.7. The molecule has 0 aliphatic rings. The normalized spacial score (nSPS) is 13.3. The van der Waals surface area contributed by atoms with Gasteiger partial charge in [0, 0.05) is 0 Å². The summed E-state index contributed by atoms with van der Waals surface area (Å²) in [7, 11) is -6.75. The average Bonchev–Trinajstić information content (AvgIpc) is 2.36. The van der Waals surface area contributed by atoms with Crippen LogP contribution in [0, 0.1) is 11.3 Å². The van der Waals surface area contributed by atoms with Crippen molar-refractivity contribution in [1.82, 2.24) is 0 Å². The standard InChI is InChI=1S/C10H13N3O5S2/c1-7(6-11)20(16,17)13-8-3-4-9(18-2)10(5-8)19(12,14)15/h3-5,7,13H,1-2H3,(H2,12,14,15). The van der Waals surface area contributed by atoms with E-state index in [0.717, 1.165) is 6.07 Å². The molecule has 0 bridgehead atoms. The van der Waals surface area contributed by atoms with Crippen LogP contribution in [-0.4, -0.2) is 29.2 Å². The first-order valence-corrected chi connectivity index (χ1v) is 8.33. The number of benzene rings is 1. The number of rotatable bonds is 5. The van der Waals surface area contributed by atoms with Gasteiger partial charge in [-0.25, -0.2) is 22.0 Å². The van der Waals surface area contributed by atoms with Gasteiger partial charge in [-0.2, -0.15) is 5.26 Å². The lowest BCUT2D eigenvalue weighted by Gasteiger charge is -2.12. The summed E-state index contributed by atoms with van der Waals surface area (Å²) < 4.78 is 53.1. The van der Waals surface area contributed by atoms with Crippen molar-refractivity contribution < 1.29 is 21.6 Å². The minimum Gasteiger partial charge on any atom is -0.495 e. The second-order valence-electron chi connectivity index (χ2n) is 3.83. The molecule has 0 aliphatic heterocycles. The number of methoxy groups -OCH3 is 1. The van der Waals surface area contributed by atoms with Crippen LogP contribution in [0.5, 0.6) is 5.75 Å². The van der Waals surface area contributed by atoms with Crippen molar-refractivity contribution in [3.63, 3.8) is 0 Å². The highest BCUT2D eigenvalue weighted by molar-refractivity contribution is 7.93. The summed E-state index contributed by atoms with van der Waals surface area (Å²) >= 11 is 0. The van der Waals surface area contributed by atoms with Gasteiger partial charge in [-0.3, -0.25) is 4.72 Å². The van der Waals surface area contributed by atoms with Gasteiger partial charge < -0.3 is 4.74 Å². The van der Waals surface area contributed by atoms with E-state index in [9.17, 15) is 16.8 Å². The molecule has 0 amide bonds. The third kappa shape index (κ3) is 3.60. The van der Waals surface area contributed by atoms with Crippen molar-refractivity contribution in [2.45, 2.75) is 17.1 Å². The van der Waals surface area contributed by atoms with Crippen molar-refractivity contribution in [2.75, 3.05) is 11.8 Å². The van der Waals surface area contributed by atoms with Gasteiger partial charge in [0.05, 0.1) is 18.9 Å². The predicted octanol–water partition coefficient (Wildman–Crippen LogP) is -0.00362. The quantitative estimate of drug-likeness (QED) is 0.782. The van der Waals surface area contributed by atoms with Crippen LogP contribution < -0.4 is 14.6 Å². The maximum atomic E-state index is 11.7. The first-order chi connectivity index (χ1) is 9.11. The fraction of sp³-hybridized carbons (Fsp3) is 0.300. The van der Waals surface area contributed by atoms with Crippen molar-refractivity contribution in [1.29, 1.82) is 5.26 Å². The lowest BCUT2D eigenvalue weighted by atomic mass is 10.3. The van der Waals surface area contributed by atoms with E-state index in [4.69, 9.17) is 15.1 Å². The highest BCUT2D eigenvalue weighted by atomic mass is 32.2. The second kappa shape index (κ2) is 5.66. The minimum absolute atomic E-state index is 0.0104. The molecule has 20 heavy (non-hydrogen) atoms. The van der Waals surface area contributed by atoms with E-state index in [1.54, 1.807) is 6.07 Å². The Morgan fingerprint density at radius 3 is 2.40 bits per heavy atom. The third-order valence-corrected chi connectivity index (χ3v) is 4.87. The maximum Gasteiger partial charge on any atom is 0.248 e. The smallest absolute Gasteiger partial charge is 0.248 e. The Morgan fingerprint density at radius 2 is 1.95 bits per heavy atom. The van der Waals surface area contributed by atoms with E-state index in [-0.39, 0.29) is 16.3 Å². The van der Waals surface area contributed by atoms with Crippen molar-refractivity contribution in [2.24, 2.45) is 5.14 Å². The molecule has 3 N–H and O–H groups in total. The molecule has 0 aromatic heterocycles. The molecule has 10 heteroatoms. The van der Waals surface area contributed by atoms with Gasteiger partial charge in [-0.15, -0.1) is 0 Å². The molecule has 1 unspecified atom stereocenters. The molecule has 0 saturated carbocycles. The molecular weight excluding hydrogens is 306 g/mol. The van der Waals surface area contributed by atoms with E-state index < -0.39 is 25.3 Å². The molecule has 0 fully saturated rings. The van der Waals surface area contributed by atoms with Crippen LogP contribution in [0.25, 0.3) is 0 Å². The van der Waals surface area contributed by atoms with Gasteiger partial charge in [0.2, 0.25) is 20.0 Å². The zero-order chi connectivity index (χ0) is 15.6. The van der Waals surface area contributed by atoms with E-state index in [1.807, 2.05) is 0 Å². The zero-order valence-electron chi connectivity index (χ0n) is 10.7. The van der Waals surface area contributed by atoms with Crippen LogP contribution in [0.1, 0.15) is 6.92 Å². The summed E-state index contributed by atoms with van der Waals surface area (Å²) in [6.07, 6.45) is 0. The largest absolute Gasteiger partial charge is 0.495 e. The number of nitrogens with one attached hydrogen (secondary N) is 1. The third-order valence-electron chi connectivity index (χ3n) is 2.38. The van der Waals surface area contributed by atoms with E-state index >= 15 is 0 Å². The summed E-state index contributed by atoms with van der Waals surface area (Å²) in [5, 5.41) is 12.3. The summed E-state index contributed by atoms with van der Waals surface area (Å²) in [4.78, 5) is -0.357. The Morgan fingerprint density at radius 1 is 1.35 bits per heavy atom. The molecule has 0 saturated heterocycles. The van der Waals surface area contributed by atoms with Crippen molar-refractivity contribution >= 4 is 25.7 Å². The SMILES string of the molecule is COc1ccc(NS(=O)(=O)C(C)C#N)cc1S(N)(=O)=O. The van der Waals surface area contributed by atoms with Gasteiger partial charge >= 0.3 is 0 Å². The van der Waals surface area contributed by atoms with E-state index in [0.29, 0.717) is 0 Å². The predicted molar refractivity (Wildman–Crippen MR) is 72.0 cm³/mol. The molecule has 0 radical (unpaired) electrons. The monoisotopic (exact) mass is 319 g/mol. The molecule has 8 nitrogen and oxygen atoms in total. The highest BCUT2D eigenvalue weighted by Crippen LogP contribution is 2.26. The van der Waals surface area contributed by atoms with Crippen LogP contribution in [0.3, 0.4) is 0 Å².